The van der Waals surface area contributed by atoms with E-state index in [0.29, 0.717) is 5.11 Å². The Morgan fingerprint density at radius 2 is 1.36 bits per heavy atom. The molecule has 4 rings (SSSR count). The Bertz CT molecular complexity index is 1120. The van der Waals surface area contributed by atoms with Crippen molar-refractivity contribution in [3.63, 3.8) is 0 Å². The fourth-order valence-electron chi connectivity index (χ4n) is 2.90. The van der Waals surface area contributed by atoms with E-state index in [1.54, 1.807) is 11.8 Å². The van der Waals surface area contributed by atoms with Crippen LogP contribution in [0.25, 0.3) is 10.8 Å². The van der Waals surface area contributed by atoms with Gasteiger partial charge in [0.05, 0.1) is 5.69 Å². The van der Waals surface area contributed by atoms with Crippen LogP contribution in [0.5, 0.6) is 0 Å². The highest BCUT2D eigenvalue weighted by atomic mass is 35.5. The predicted octanol–water partition coefficient (Wildman–Crippen LogP) is 7.45. The number of rotatable bonds is 4. The molecule has 0 spiro atoms. The maximum atomic E-state index is 5.99. The Labute approximate surface area is 178 Å². The zero-order valence-corrected chi connectivity index (χ0v) is 17.2. The van der Waals surface area contributed by atoms with Crippen molar-refractivity contribution in [1.82, 2.24) is 0 Å². The van der Waals surface area contributed by atoms with E-state index >= 15 is 0 Å². The van der Waals surface area contributed by atoms with Crippen LogP contribution in [0.4, 0.5) is 11.4 Å². The van der Waals surface area contributed by atoms with Crippen molar-refractivity contribution in [3.05, 3.63) is 96.0 Å². The van der Waals surface area contributed by atoms with Gasteiger partial charge in [-0.2, -0.15) is 0 Å². The van der Waals surface area contributed by atoms with Crippen LogP contribution in [-0.4, -0.2) is 5.11 Å². The first-order chi connectivity index (χ1) is 13.7. The number of para-hydroxylation sites is 1. The first-order valence-corrected chi connectivity index (χ1v) is 10.4. The molecule has 0 aliphatic heterocycles. The lowest BCUT2D eigenvalue weighted by atomic mass is 10.1. The summed E-state index contributed by atoms with van der Waals surface area (Å²) in [6.07, 6.45) is 0. The minimum atomic E-state index is 0.556. The lowest BCUT2D eigenvalue weighted by Gasteiger charge is -2.15. The second kappa shape index (κ2) is 8.65. The van der Waals surface area contributed by atoms with E-state index in [1.165, 1.54) is 5.39 Å². The van der Waals surface area contributed by atoms with Gasteiger partial charge in [-0.3, -0.25) is 0 Å². The van der Waals surface area contributed by atoms with Gasteiger partial charge in [0.2, 0.25) is 0 Å². The monoisotopic (exact) mass is 420 g/mol. The molecule has 0 bridgehead atoms. The SMILES string of the molecule is S=C(Nc1ccccc1Sc1ccc(Cl)cc1)Nc1cccc2ccccc12. The normalized spacial score (nSPS) is 10.6. The molecule has 0 saturated carbocycles. The van der Waals surface area contributed by atoms with Gasteiger partial charge in [0.1, 0.15) is 0 Å². The zero-order chi connectivity index (χ0) is 19.3. The largest absolute Gasteiger partial charge is 0.332 e. The molecule has 4 aromatic carbocycles. The van der Waals surface area contributed by atoms with Crippen molar-refractivity contribution >= 4 is 62.8 Å². The molecule has 0 aromatic heterocycles. The van der Waals surface area contributed by atoms with Crippen LogP contribution < -0.4 is 10.6 Å². The molecule has 0 radical (unpaired) electrons. The molecule has 0 heterocycles. The van der Waals surface area contributed by atoms with Gasteiger partial charge in [-0.1, -0.05) is 71.9 Å². The minimum Gasteiger partial charge on any atom is -0.332 e. The molecule has 0 unspecified atom stereocenters. The molecule has 0 saturated heterocycles. The number of anilines is 2. The fraction of sp³-hybridized carbons (Fsp3) is 0. The summed E-state index contributed by atoms with van der Waals surface area (Å²) >= 11 is 13.2. The molecule has 0 fully saturated rings. The summed E-state index contributed by atoms with van der Waals surface area (Å²) < 4.78 is 0. The van der Waals surface area contributed by atoms with Crippen molar-refractivity contribution in [2.75, 3.05) is 10.6 Å². The summed E-state index contributed by atoms with van der Waals surface area (Å²) in [4.78, 5) is 2.21. The predicted molar refractivity (Wildman–Crippen MR) is 126 cm³/mol. The van der Waals surface area contributed by atoms with E-state index in [0.717, 1.165) is 31.6 Å². The number of halogens is 1. The van der Waals surface area contributed by atoms with E-state index in [1.807, 2.05) is 66.7 Å². The lowest BCUT2D eigenvalue weighted by Crippen LogP contribution is -2.19. The molecular weight excluding hydrogens is 404 g/mol. The van der Waals surface area contributed by atoms with E-state index in [-0.39, 0.29) is 0 Å². The van der Waals surface area contributed by atoms with Gasteiger partial charge in [-0.25, -0.2) is 0 Å². The number of hydrogen-bond donors (Lipinski definition) is 2. The third-order valence-electron chi connectivity index (χ3n) is 4.21. The third-order valence-corrected chi connectivity index (χ3v) is 5.75. The zero-order valence-electron chi connectivity index (χ0n) is 14.9. The van der Waals surface area contributed by atoms with Crippen LogP contribution in [0.3, 0.4) is 0 Å². The van der Waals surface area contributed by atoms with E-state index in [4.69, 9.17) is 23.8 Å². The molecule has 0 atom stereocenters. The highest BCUT2D eigenvalue weighted by Gasteiger charge is 2.07. The summed E-state index contributed by atoms with van der Waals surface area (Å²) in [5, 5.41) is 10.3. The highest BCUT2D eigenvalue weighted by molar-refractivity contribution is 7.99. The van der Waals surface area contributed by atoms with Gasteiger partial charge in [0, 0.05) is 25.9 Å². The summed E-state index contributed by atoms with van der Waals surface area (Å²) in [5.74, 6) is 0. The summed E-state index contributed by atoms with van der Waals surface area (Å²) in [6, 6.07) is 30.3. The molecule has 0 aliphatic carbocycles. The van der Waals surface area contributed by atoms with Crippen LogP contribution >= 0.6 is 35.6 Å². The Hall–Kier alpha value is -2.53. The molecule has 138 valence electrons. The van der Waals surface area contributed by atoms with Crippen molar-refractivity contribution in [2.24, 2.45) is 0 Å². The molecule has 2 nitrogen and oxygen atoms in total. The second-order valence-corrected chi connectivity index (χ2v) is 8.12. The molecule has 2 N–H and O–H groups in total. The van der Waals surface area contributed by atoms with Gasteiger partial charge < -0.3 is 10.6 Å². The summed E-state index contributed by atoms with van der Waals surface area (Å²) in [6.45, 7) is 0. The first-order valence-electron chi connectivity index (χ1n) is 8.77. The Morgan fingerprint density at radius 1 is 0.714 bits per heavy atom. The van der Waals surface area contributed by atoms with Crippen molar-refractivity contribution in [1.29, 1.82) is 0 Å². The summed E-state index contributed by atoms with van der Waals surface area (Å²) in [7, 11) is 0. The first kappa shape index (κ1) is 18.8. The van der Waals surface area contributed by atoms with E-state index in [2.05, 4.69) is 34.9 Å². The third kappa shape index (κ3) is 4.47. The molecule has 28 heavy (non-hydrogen) atoms. The number of fused-ring (bicyclic) bond motifs is 1. The number of hydrogen-bond acceptors (Lipinski definition) is 2. The quantitative estimate of drug-likeness (QED) is 0.334. The van der Waals surface area contributed by atoms with Gasteiger partial charge in [0.25, 0.3) is 0 Å². The van der Waals surface area contributed by atoms with E-state index < -0.39 is 0 Å². The maximum absolute atomic E-state index is 5.99. The standard InChI is InChI=1S/C23H17ClN2S2/c24-17-12-14-18(15-13-17)28-22-11-4-3-9-21(22)26-23(27)25-20-10-5-7-16-6-1-2-8-19(16)20/h1-15H,(H2,25,26,27). The van der Waals surface area contributed by atoms with Crippen LogP contribution in [0.15, 0.2) is 101 Å². The molecule has 0 amide bonds. The van der Waals surface area contributed by atoms with Crippen molar-refractivity contribution < 1.29 is 0 Å². The van der Waals surface area contributed by atoms with Gasteiger partial charge in [0.15, 0.2) is 5.11 Å². The molecule has 4 aromatic rings. The summed E-state index contributed by atoms with van der Waals surface area (Å²) in [5.41, 5.74) is 1.94. The average molecular weight is 421 g/mol. The second-order valence-electron chi connectivity index (χ2n) is 6.16. The van der Waals surface area contributed by atoms with Crippen LogP contribution in [-0.2, 0) is 0 Å². The number of benzene rings is 4. The van der Waals surface area contributed by atoms with E-state index in [9.17, 15) is 0 Å². The van der Waals surface area contributed by atoms with Crippen LogP contribution in [0.1, 0.15) is 0 Å². The lowest BCUT2D eigenvalue weighted by molar-refractivity contribution is 1.40. The van der Waals surface area contributed by atoms with Gasteiger partial charge in [-0.15, -0.1) is 0 Å². The topological polar surface area (TPSA) is 24.1 Å². The number of thiocarbonyl (C=S) groups is 1. The maximum Gasteiger partial charge on any atom is 0.175 e. The van der Waals surface area contributed by atoms with Crippen LogP contribution in [0, 0.1) is 0 Å². The molecule has 0 aliphatic rings. The molecule has 5 heteroatoms. The van der Waals surface area contributed by atoms with Crippen molar-refractivity contribution in [2.45, 2.75) is 9.79 Å². The molecular formula is C23H17ClN2S2. The minimum absolute atomic E-state index is 0.556. The number of nitrogens with one attached hydrogen (secondary N) is 2. The smallest absolute Gasteiger partial charge is 0.175 e. The fourth-order valence-corrected chi connectivity index (χ4v) is 4.15. The Kier molecular flexibility index (Phi) is 5.81. The van der Waals surface area contributed by atoms with Crippen molar-refractivity contribution in [3.8, 4) is 0 Å². The Balaban J connectivity index is 1.52. The average Bonchev–Trinajstić information content (AvgIpc) is 2.71. The van der Waals surface area contributed by atoms with Gasteiger partial charge >= 0.3 is 0 Å². The van der Waals surface area contributed by atoms with Gasteiger partial charge in [-0.05, 0) is 60.1 Å². The van der Waals surface area contributed by atoms with Crippen LogP contribution in [0.2, 0.25) is 5.02 Å². The highest BCUT2D eigenvalue weighted by Crippen LogP contribution is 2.34. The Morgan fingerprint density at radius 3 is 2.21 bits per heavy atom.